The van der Waals surface area contributed by atoms with E-state index in [-0.39, 0.29) is 29.7 Å². The van der Waals surface area contributed by atoms with Crippen molar-refractivity contribution in [3.8, 4) is 0 Å². The second kappa shape index (κ2) is 7.33. The Morgan fingerprint density at radius 1 is 1.33 bits per heavy atom. The van der Waals surface area contributed by atoms with Crippen LogP contribution in [0.4, 0.5) is 8.78 Å². The number of carbonyl (C=O) groups is 1. The second-order valence-corrected chi connectivity index (χ2v) is 7.06. The van der Waals surface area contributed by atoms with Gasteiger partial charge in [0.25, 0.3) is 0 Å². The summed E-state index contributed by atoms with van der Waals surface area (Å²) >= 11 is 5.66. The number of β-amino-alcohol motifs (C(OH)–C–C–N with tert-alkyl or cyclic N) is 1. The Labute approximate surface area is 144 Å². The summed E-state index contributed by atoms with van der Waals surface area (Å²) in [6.45, 7) is 2.16. The van der Waals surface area contributed by atoms with Gasteiger partial charge in [-0.15, -0.1) is 0 Å². The average Bonchev–Trinajstić information content (AvgIpc) is 3.31. The predicted molar refractivity (Wildman–Crippen MR) is 86.7 cm³/mol. The number of likely N-dealkylation sites (tertiary alicyclic amines) is 1. The number of nitrogens with one attached hydrogen (secondary N) is 1. The van der Waals surface area contributed by atoms with Crippen molar-refractivity contribution >= 4 is 17.5 Å². The number of rotatable bonds is 6. The molecular formula is C17H21ClF2N2O2. The summed E-state index contributed by atoms with van der Waals surface area (Å²) in [5, 5.41) is 11.8. The van der Waals surface area contributed by atoms with Crippen molar-refractivity contribution in [3.05, 3.63) is 34.4 Å². The highest BCUT2D eigenvalue weighted by atomic mass is 35.5. The topological polar surface area (TPSA) is 52.6 Å². The van der Waals surface area contributed by atoms with E-state index in [2.05, 4.69) is 10.2 Å². The minimum Gasteiger partial charge on any atom is -0.395 e. The number of halogens is 3. The summed E-state index contributed by atoms with van der Waals surface area (Å²) in [7, 11) is 0. The fourth-order valence-corrected chi connectivity index (χ4v) is 3.72. The van der Waals surface area contributed by atoms with Crippen LogP contribution in [0, 0.1) is 23.5 Å². The van der Waals surface area contributed by atoms with Gasteiger partial charge in [-0.05, 0) is 36.8 Å². The summed E-state index contributed by atoms with van der Waals surface area (Å²) < 4.78 is 27.7. The van der Waals surface area contributed by atoms with Gasteiger partial charge in [0.15, 0.2) is 0 Å². The number of aliphatic hydroxyl groups excluding tert-OH is 1. The van der Waals surface area contributed by atoms with Gasteiger partial charge in [0.05, 0.1) is 18.1 Å². The Balaban J connectivity index is 1.65. The highest BCUT2D eigenvalue weighted by molar-refractivity contribution is 6.30. The maximum Gasteiger partial charge on any atom is 0.224 e. The Bertz CT molecular complexity index is 625. The van der Waals surface area contributed by atoms with Crippen LogP contribution < -0.4 is 5.32 Å². The Morgan fingerprint density at radius 3 is 2.75 bits per heavy atom. The summed E-state index contributed by atoms with van der Waals surface area (Å²) in [5.41, 5.74) is -0.298. The molecule has 1 heterocycles. The zero-order valence-electron chi connectivity index (χ0n) is 13.3. The van der Waals surface area contributed by atoms with Gasteiger partial charge in [-0.25, -0.2) is 8.78 Å². The van der Waals surface area contributed by atoms with Crippen molar-refractivity contribution in [1.29, 1.82) is 0 Å². The normalized spacial score (nSPS) is 24.3. The van der Waals surface area contributed by atoms with Gasteiger partial charge in [-0.1, -0.05) is 11.6 Å². The smallest absolute Gasteiger partial charge is 0.224 e. The van der Waals surface area contributed by atoms with Crippen LogP contribution in [0.15, 0.2) is 12.1 Å². The van der Waals surface area contributed by atoms with E-state index in [0.717, 1.165) is 31.5 Å². The van der Waals surface area contributed by atoms with Crippen LogP contribution in [-0.2, 0) is 11.2 Å². The zero-order chi connectivity index (χ0) is 17.3. The SMILES string of the molecule is O=C(Cc1c(F)ccc(Cl)c1F)N[C@H]1CN(CCO)C[C@@H]1C1CC1. The fourth-order valence-electron chi connectivity index (χ4n) is 3.54. The molecule has 0 bridgehead atoms. The first-order valence-corrected chi connectivity index (χ1v) is 8.62. The number of hydrogen-bond donors (Lipinski definition) is 2. The highest BCUT2D eigenvalue weighted by Crippen LogP contribution is 2.41. The molecular weight excluding hydrogens is 338 g/mol. The Morgan fingerprint density at radius 2 is 2.08 bits per heavy atom. The maximum atomic E-state index is 13.9. The molecule has 1 saturated heterocycles. The molecule has 2 aliphatic rings. The molecule has 2 atom stereocenters. The summed E-state index contributed by atoms with van der Waals surface area (Å²) in [6.07, 6.45) is 1.94. The largest absolute Gasteiger partial charge is 0.395 e. The van der Waals surface area contributed by atoms with Gasteiger partial charge in [0, 0.05) is 31.2 Å². The first-order chi connectivity index (χ1) is 11.5. The molecule has 0 spiro atoms. The molecule has 1 aliphatic heterocycles. The minimum atomic E-state index is -0.876. The molecule has 132 valence electrons. The lowest BCUT2D eigenvalue weighted by Gasteiger charge is -2.19. The van der Waals surface area contributed by atoms with Crippen LogP contribution in [0.25, 0.3) is 0 Å². The molecule has 7 heteroatoms. The van der Waals surface area contributed by atoms with Crippen molar-refractivity contribution in [2.75, 3.05) is 26.2 Å². The zero-order valence-corrected chi connectivity index (χ0v) is 14.0. The van der Waals surface area contributed by atoms with Crippen molar-refractivity contribution in [3.63, 3.8) is 0 Å². The predicted octanol–water partition coefficient (Wildman–Crippen LogP) is 1.98. The lowest BCUT2D eigenvalue weighted by atomic mass is 9.97. The summed E-state index contributed by atoms with van der Waals surface area (Å²) in [5.74, 6) is -1.11. The summed E-state index contributed by atoms with van der Waals surface area (Å²) in [4.78, 5) is 14.4. The molecule has 1 aromatic rings. The fraction of sp³-hybridized carbons (Fsp3) is 0.588. The molecule has 0 aromatic heterocycles. The first kappa shape index (κ1) is 17.6. The molecule has 1 saturated carbocycles. The van der Waals surface area contributed by atoms with Crippen molar-refractivity contribution in [2.45, 2.75) is 25.3 Å². The lowest BCUT2D eigenvalue weighted by Crippen LogP contribution is -2.42. The number of aliphatic hydroxyl groups is 1. The van der Waals surface area contributed by atoms with E-state index < -0.39 is 17.5 Å². The lowest BCUT2D eigenvalue weighted by molar-refractivity contribution is -0.121. The molecule has 1 aliphatic carbocycles. The molecule has 3 rings (SSSR count). The van der Waals surface area contributed by atoms with Crippen LogP contribution in [0.3, 0.4) is 0 Å². The van der Waals surface area contributed by atoms with E-state index in [1.807, 2.05) is 0 Å². The van der Waals surface area contributed by atoms with E-state index in [4.69, 9.17) is 16.7 Å². The highest BCUT2D eigenvalue weighted by Gasteiger charge is 2.42. The maximum absolute atomic E-state index is 13.9. The molecule has 2 N–H and O–H groups in total. The van der Waals surface area contributed by atoms with Gasteiger partial charge in [0.1, 0.15) is 11.6 Å². The van der Waals surface area contributed by atoms with Gasteiger partial charge < -0.3 is 10.4 Å². The third-order valence-electron chi connectivity index (χ3n) is 4.91. The van der Waals surface area contributed by atoms with Crippen LogP contribution in [-0.4, -0.2) is 48.2 Å². The van der Waals surface area contributed by atoms with Crippen molar-refractivity contribution < 1.29 is 18.7 Å². The van der Waals surface area contributed by atoms with Gasteiger partial charge >= 0.3 is 0 Å². The molecule has 24 heavy (non-hydrogen) atoms. The Hall–Kier alpha value is -1.24. The van der Waals surface area contributed by atoms with Crippen LogP contribution in [0.2, 0.25) is 5.02 Å². The van der Waals surface area contributed by atoms with Gasteiger partial charge in [-0.3, -0.25) is 9.69 Å². The minimum absolute atomic E-state index is 0.0399. The quantitative estimate of drug-likeness (QED) is 0.765. The van der Waals surface area contributed by atoms with E-state index >= 15 is 0 Å². The van der Waals surface area contributed by atoms with Crippen LogP contribution in [0.1, 0.15) is 18.4 Å². The van der Waals surface area contributed by atoms with Crippen molar-refractivity contribution in [2.24, 2.45) is 11.8 Å². The third kappa shape index (κ3) is 3.87. The molecule has 2 fully saturated rings. The standard InChI is InChI=1S/C17H21ClF2N2O2/c18-13-3-4-14(19)11(17(13)20)7-16(24)21-15-9-22(5-6-23)8-12(15)10-1-2-10/h3-4,10,12,15,23H,1-2,5-9H2,(H,21,24)/t12-,15+/m1/s1. The van der Waals surface area contributed by atoms with Crippen LogP contribution >= 0.6 is 11.6 Å². The van der Waals surface area contributed by atoms with E-state index in [9.17, 15) is 13.6 Å². The van der Waals surface area contributed by atoms with Crippen LogP contribution in [0.5, 0.6) is 0 Å². The Kier molecular flexibility index (Phi) is 5.37. The first-order valence-electron chi connectivity index (χ1n) is 8.24. The van der Waals surface area contributed by atoms with Crippen molar-refractivity contribution in [1.82, 2.24) is 10.2 Å². The number of hydrogen-bond acceptors (Lipinski definition) is 3. The van der Waals surface area contributed by atoms with E-state index in [1.54, 1.807) is 0 Å². The third-order valence-corrected chi connectivity index (χ3v) is 5.20. The average molecular weight is 359 g/mol. The second-order valence-electron chi connectivity index (χ2n) is 6.66. The van der Waals surface area contributed by atoms with E-state index in [0.29, 0.717) is 24.9 Å². The molecule has 0 radical (unpaired) electrons. The summed E-state index contributed by atoms with van der Waals surface area (Å²) in [6, 6.07) is 2.17. The number of amides is 1. The van der Waals surface area contributed by atoms with E-state index in [1.165, 1.54) is 0 Å². The van der Waals surface area contributed by atoms with Gasteiger partial charge in [-0.2, -0.15) is 0 Å². The number of nitrogens with zero attached hydrogens (tertiary/aromatic N) is 1. The van der Waals surface area contributed by atoms with Gasteiger partial charge in [0.2, 0.25) is 5.91 Å². The molecule has 1 aromatic carbocycles. The molecule has 4 nitrogen and oxygen atoms in total. The molecule has 1 amide bonds. The monoisotopic (exact) mass is 358 g/mol. The molecule has 0 unspecified atom stereocenters. The number of benzene rings is 1. The number of carbonyl (C=O) groups excluding carboxylic acids is 1.